The van der Waals surface area contributed by atoms with Crippen molar-refractivity contribution in [1.29, 1.82) is 0 Å². The monoisotopic (exact) mass is 360 g/mol. The molecule has 0 unspecified atom stereocenters. The molecule has 0 aliphatic carbocycles. The van der Waals surface area contributed by atoms with E-state index in [0.717, 1.165) is 28.2 Å². The van der Waals surface area contributed by atoms with E-state index in [1.54, 1.807) is 13.8 Å². The van der Waals surface area contributed by atoms with Gasteiger partial charge < -0.3 is 24.5 Å². The van der Waals surface area contributed by atoms with E-state index in [-0.39, 0.29) is 18.9 Å². The van der Waals surface area contributed by atoms with Crippen LogP contribution in [-0.2, 0) is 19.1 Å². The van der Waals surface area contributed by atoms with Gasteiger partial charge in [0.25, 0.3) is 0 Å². The van der Waals surface area contributed by atoms with Crippen molar-refractivity contribution < 1.29 is 23.8 Å². The molecule has 2 N–H and O–H groups in total. The molecule has 0 saturated heterocycles. The number of aromatic nitrogens is 1. The molecule has 7 nitrogen and oxygen atoms in total. The van der Waals surface area contributed by atoms with Crippen LogP contribution in [0.1, 0.15) is 25.1 Å². The number of carbonyl (C=O) groups is 2. The Balaban J connectivity index is 2.47. The van der Waals surface area contributed by atoms with Gasteiger partial charge in [-0.05, 0) is 39.3 Å². The molecule has 2 rings (SSSR count). The largest absolute Gasteiger partial charge is 0.494 e. The number of carbonyl (C=O) groups excluding carboxylic acids is 2. The molecule has 0 amide bonds. The Morgan fingerprint density at radius 3 is 2.46 bits per heavy atom. The Bertz CT molecular complexity index is 851. The topological polar surface area (TPSA) is 89.6 Å². The van der Waals surface area contributed by atoms with Gasteiger partial charge in [-0.2, -0.15) is 0 Å². The average Bonchev–Trinajstić information content (AvgIpc) is 2.88. The third kappa shape index (κ3) is 4.17. The van der Waals surface area contributed by atoms with Crippen LogP contribution in [0.3, 0.4) is 0 Å². The van der Waals surface area contributed by atoms with Crippen LogP contribution in [0.25, 0.3) is 10.9 Å². The maximum atomic E-state index is 12.2. The molecule has 0 saturated carbocycles. The van der Waals surface area contributed by atoms with Gasteiger partial charge in [-0.3, -0.25) is 0 Å². The smallest absolute Gasteiger partial charge is 0.355 e. The predicted octanol–water partition coefficient (Wildman–Crippen LogP) is 3.22. The van der Waals surface area contributed by atoms with Gasteiger partial charge in [0.05, 0.1) is 32.1 Å². The fraction of sp³-hybridized carbons (Fsp3) is 0.368. The zero-order chi connectivity index (χ0) is 19.3. The van der Waals surface area contributed by atoms with Crippen LogP contribution in [-0.4, -0.2) is 37.2 Å². The second-order valence-corrected chi connectivity index (χ2v) is 5.63. The summed E-state index contributed by atoms with van der Waals surface area (Å²) in [5, 5.41) is 3.94. The van der Waals surface area contributed by atoms with E-state index in [4.69, 9.17) is 14.2 Å². The molecule has 0 atom stereocenters. The van der Waals surface area contributed by atoms with Gasteiger partial charge in [0.1, 0.15) is 11.4 Å². The number of fused-ring (bicyclic) bond motifs is 1. The molecular formula is C19H24N2O5. The number of methoxy groups -OCH3 is 1. The molecule has 26 heavy (non-hydrogen) atoms. The molecule has 1 heterocycles. The third-order valence-electron chi connectivity index (χ3n) is 3.94. The van der Waals surface area contributed by atoms with Gasteiger partial charge >= 0.3 is 11.9 Å². The maximum absolute atomic E-state index is 12.2. The van der Waals surface area contributed by atoms with Crippen molar-refractivity contribution in [3.63, 3.8) is 0 Å². The Morgan fingerprint density at radius 1 is 1.15 bits per heavy atom. The Kier molecular flexibility index (Phi) is 6.27. The van der Waals surface area contributed by atoms with Gasteiger partial charge in [0.15, 0.2) is 0 Å². The SMILES string of the molecule is CCOC(=O)C=C(Nc1cc2c(C)c(C)[nH]c2cc1OC)C(=O)OCC. The summed E-state index contributed by atoms with van der Waals surface area (Å²) in [6.07, 6.45) is 1.08. The molecular weight excluding hydrogens is 336 g/mol. The lowest BCUT2D eigenvalue weighted by Crippen LogP contribution is -2.17. The van der Waals surface area contributed by atoms with Gasteiger partial charge in [0, 0.05) is 22.7 Å². The van der Waals surface area contributed by atoms with Crippen molar-refractivity contribution >= 4 is 28.5 Å². The van der Waals surface area contributed by atoms with Crippen molar-refractivity contribution in [2.75, 3.05) is 25.6 Å². The number of esters is 2. The first-order valence-electron chi connectivity index (χ1n) is 8.40. The lowest BCUT2D eigenvalue weighted by atomic mass is 10.1. The number of H-pyrrole nitrogens is 1. The van der Waals surface area contributed by atoms with Crippen molar-refractivity contribution in [3.8, 4) is 5.75 Å². The summed E-state index contributed by atoms with van der Waals surface area (Å²) in [5.74, 6) is -0.751. The predicted molar refractivity (Wildman–Crippen MR) is 99.3 cm³/mol. The van der Waals surface area contributed by atoms with E-state index in [9.17, 15) is 9.59 Å². The Labute approximate surface area is 152 Å². The number of anilines is 1. The highest BCUT2D eigenvalue weighted by molar-refractivity contribution is 6.00. The van der Waals surface area contributed by atoms with E-state index in [1.807, 2.05) is 26.0 Å². The van der Waals surface area contributed by atoms with Crippen molar-refractivity contribution in [2.45, 2.75) is 27.7 Å². The third-order valence-corrected chi connectivity index (χ3v) is 3.94. The van der Waals surface area contributed by atoms with E-state index in [2.05, 4.69) is 10.3 Å². The second kappa shape index (κ2) is 8.42. The van der Waals surface area contributed by atoms with Crippen molar-refractivity contribution in [1.82, 2.24) is 4.98 Å². The molecule has 0 bridgehead atoms. The number of rotatable bonds is 7. The van der Waals surface area contributed by atoms with Crippen LogP contribution in [0.5, 0.6) is 5.75 Å². The second-order valence-electron chi connectivity index (χ2n) is 5.63. The summed E-state index contributed by atoms with van der Waals surface area (Å²) >= 11 is 0. The van der Waals surface area contributed by atoms with E-state index < -0.39 is 11.9 Å². The summed E-state index contributed by atoms with van der Waals surface area (Å²) in [6.45, 7) is 7.77. The Hall–Kier alpha value is -2.96. The van der Waals surface area contributed by atoms with Crippen LogP contribution in [0, 0.1) is 13.8 Å². The molecule has 1 aromatic carbocycles. The number of hydrogen-bond donors (Lipinski definition) is 2. The Morgan fingerprint density at radius 2 is 1.85 bits per heavy atom. The van der Waals surface area contributed by atoms with E-state index >= 15 is 0 Å². The number of benzene rings is 1. The zero-order valence-electron chi connectivity index (χ0n) is 15.7. The summed E-state index contributed by atoms with van der Waals surface area (Å²) in [7, 11) is 1.54. The van der Waals surface area contributed by atoms with Gasteiger partial charge in [-0.25, -0.2) is 9.59 Å². The highest BCUT2D eigenvalue weighted by atomic mass is 16.5. The van der Waals surface area contributed by atoms with Crippen LogP contribution in [0.2, 0.25) is 0 Å². The molecule has 0 spiro atoms. The number of nitrogens with one attached hydrogen (secondary N) is 2. The summed E-state index contributed by atoms with van der Waals surface area (Å²) in [4.78, 5) is 27.3. The fourth-order valence-electron chi connectivity index (χ4n) is 2.56. The molecule has 0 aliphatic heterocycles. The summed E-state index contributed by atoms with van der Waals surface area (Å²) in [6, 6.07) is 3.70. The standard InChI is InChI=1S/C19H24N2O5/c1-6-25-18(22)10-16(19(23)26-7-2)21-15-8-13-11(3)12(4)20-14(13)9-17(15)24-5/h8-10,20-21H,6-7H2,1-5H3. The first-order valence-corrected chi connectivity index (χ1v) is 8.40. The lowest BCUT2D eigenvalue weighted by Gasteiger charge is -2.14. The maximum Gasteiger partial charge on any atom is 0.355 e. The number of aromatic amines is 1. The van der Waals surface area contributed by atoms with Gasteiger partial charge in [-0.1, -0.05) is 0 Å². The van der Waals surface area contributed by atoms with Crippen molar-refractivity contribution in [2.24, 2.45) is 0 Å². The fourth-order valence-corrected chi connectivity index (χ4v) is 2.56. The van der Waals surface area contributed by atoms with E-state index in [1.165, 1.54) is 7.11 Å². The highest BCUT2D eigenvalue weighted by Gasteiger charge is 2.17. The first kappa shape index (κ1) is 19.4. The van der Waals surface area contributed by atoms with Crippen LogP contribution < -0.4 is 10.1 Å². The summed E-state index contributed by atoms with van der Waals surface area (Å²) in [5.41, 5.74) is 3.60. The molecule has 1 aromatic heterocycles. The number of ether oxygens (including phenoxy) is 3. The minimum Gasteiger partial charge on any atom is -0.494 e. The first-order chi connectivity index (χ1) is 12.4. The summed E-state index contributed by atoms with van der Waals surface area (Å²) < 4.78 is 15.3. The molecule has 0 radical (unpaired) electrons. The van der Waals surface area contributed by atoms with Gasteiger partial charge in [0.2, 0.25) is 0 Å². The number of aryl methyl sites for hydroxylation is 2. The zero-order valence-corrected chi connectivity index (χ0v) is 15.7. The molecule has 140 valence electrons. The average molecular weight is 360 g/mol. The quantitative estimate of drug-likeness (QED) is 0.582. The molecule has 0 fully saturated rings. The normalized spacial score (nSPS) is 11.3. The van der Waals surface area contributed by atoms with Crippen molar-refractivity contribution in [3.05, 3.63) is 35.2 Å². The van der Waals surface area contributed by atoms with Crippen LogP contribution >= 0.6 is 0 Å². The highest BCUT2D eigenvalue weighted by Crippen LogP contribution is 2.33. The van der Waals surface area contributed by atoms with E-state index in [0.29, 0.717) is 11.4 Å². The van der Waals surface area contributed by atoms with Gasteiger partial charge in [-0.15, -0.1) is 0 Å². The van der Waals surface area contributed by atoms with Crippen LogP contribution in [0.4, 0.5) is 5.69 Å². The minimum atomic E-state index is -0.648. The molecule has 0 aliphatic rings. The molecule has 7 heteroatoms. The number of hydrogen-bond acceptors (Lipinski definition) is 6. The minimum absolute atomic E-state index is 0.0205. The van der Waals surface area contributed by atoms with Crippen LogP contribution in [0.15, 0.2) is 23.9 Å². The molecule has 2 aromatic rings. The lowest BCUT2D eigenvalue weighted by molar-refractivity contribution is -0.140.